The summed E-state index contributed by atoms with van der Waals surface area (Å²) in [6.45, 7) is 8.67. The number of aliphatic hydroxyl groups is 1. The molecule has 1 aromatic heterocycles. The number of nitrogens with two attached hydrogens (primary N) is 1. The van der Waals surface area contributed by atoms with Gasteiger partial charge < -0.3 is 20.7 Å². The molecular formula is C27H34N6O2. The Morgan fingerprint density at radius 1 is 1.26 bits per heavy atom. The predicted molar refractivity (Wildman–Crippen MR) is 138 cm³/mol. The van der Waals surface area contributed by atoms with Crippen LogP contribution in [0.3, 0.4) is 0 Å². The molecule has 2 heterocycles. The molecule has 0 bridgehead atoms. The lowest BCUT2D eigenvalue weighted by Crippen LogP contribution is -2.57. The topological polar surface area (TPSA) is 111 Å². The summed E-state index contributed by atoms with van der Waals surface area (Å²) in [7, 11) is 0. The van der Waals surface area contributed by atoms with Crippen molar-refractivity contribution in [1.29, 1.82) is 0 Å². The lowest BCUT2D eigenvalue weighted by molar-refractivity contribution is 0.126. The van der Waals surface area contributed by atoms with Crippen molar-refractivity contribution < 1.29 is 9.90 Å². The van der Waals surface area contributed by atoms with Crippen LogP contribution in [-0.2, 0) is 12.1 Å². The average Bonchev–Trinajstić information content (AvgIpc) is 3.53. The molecule has 0 radical (unpaired) electrons. The van der Waals surface area contributed by atoms with Crippen LogP contribution in [-0.4, -0.2) is 44.1 Å². The molecule has 184 valence electrons. The largest absolute Gasteiger partial charge is 0.383 e. The second-order valence-corrected chi connectivity index (χ2v) is 10.6. The zero-order chi connectivity index (χ0) is 24.9. The van der Waals surface area contributed by atoms with Gasteiger partial charge in [-0.05, 0) is 63.3 Å². The molecule has 2 aromatic carbocycles. The first-order valence-corrected chi connectivity index (χ1v) is 12.4. The quantitative estimate of drug-likeness (QED) is 0.346. The molecule has 1 aliphatic heterocycles. The molecule has 0 saturated heterocycles. The Hall–Kier alpha value is -3.39. The van der Waals surface area contributed by atoms with Gasteiger partial charge in [-0.25, -0.2) is 14.8 Å². The van der Waals surface area contributed by atoms with Crippen molar-refractivity contribution >= 4 is 28.6 Å². The van der Waals surface area contributed by atoms with Crippen LogP contribution in [0.15, 0.2) is 47.5 Å². The first-order chi connectivity index (χ1) is 16.6. The van der Waals surface area contributed by atoms with E-state index in [9.17, 15) is 9.90 Å². The monoisotopic (exact) mass is 474 g/mol. The van der Waals surface area contributed by atoms with E-state index < -0.39 is 6.23 Å². The number of amides is 2. The van der Waals surface area contributed by atoms with Crippen LogP contribution in [0.4, 0.5) is 10.5 Å². The van der Waals surface area contributed by atoms with Gasteiger partial charge in [0.25, 0.3) is 0 Å². The lowest BCUT2D eigenvalue weighted by Gasteiger charge is -2.48. The van der Waals surface area contributed by atoms with Gasteiger partial charge in [0.2, 0.25) is 0 Å². The number of aromatic amines is 1. The third-order valence-corrected chi connectivity index (χ3v) is 6.91. The number of carbonyl (C=O) groups excluding carboxylic acids is 1. The second-order valence-electron chi connectivity index (χ2n) is 10.6. The number of aromatic nitrogens is 2. The second kappa shape index (κ2) is 8.68. The van der Waals surface area contributed by atoms with E-state index in [1.165, 1.54) is 0 Å². The molecule has 2 aliphatic rings. The van der Waals surface area contributed by atoms with Gasteiger partial charge in [-0.1, -0.05) is 32.0 Å². The van der Waals surface area contributed by atoms with E-state index in [4.69, 9.17) is 10.7 Å². The molecule has 8 heteroatoms. The Morgan fingerprint density at radius 2 is 2.00 bits per heavy atom. The number of amidine groups is 1. The zero-order valence-corrected chi connectivity index (χ0v) is 20.8. The summed E-state index contributed by atoms with van der Waals surface area (Å²) in [5.41, 5.74) is 10.2. The number of aliphatic imine (C=N–C) groups is 1. The molecule has 1 unspecified atom stereocenters. The number of anilines is 1. The maximum atomic E-state index is 13.7. The third kappa shape index (κ3) is 4.38. The van der Waals surface area contributed by atoms with Crippen molar-refractivity contribution in [2.24, 2.45) is 16.6 Å². The van der Waals surface area contributed by atoms with Crippen LogP contribution in [0.25, 0.3) is 11.0 Å². The number of fused-ring (bicyclic) bond motifs is 2. The van der Waals surface area contributed by atoms with Crippen LogP contribution >= 0.6 is 0 Å². The summed E-state index contributed by atoms with van der Waals surface area (Å²) in [5.74, 6) is 1.31. The minimum atomic E-state index is -0.827. The summed E-state index contributed by atoms with van der Waals surface area (Å²) in [5, 5.41) is 10.1. The number of nitrogens with zero attached hydrogens (tertiary/aromatic N) is 4. The van der Waals surface area contributed by atoms with E-state index in [2.05, 4.69) is 29.9 Å². The van der Waals surface area contributed by atoms with Crippen LogP contribution in [0, 0.1) is 5.92 Å². The van der Waals surface area contributed by atoms with Crippen LogP contribution < -0.4 is 10.6 Å². The molecule has 4 N–H and O–H groups in total. The van der Waals surface area contributed by atoms with Gasteiger partial charge in [-0.15, -0.1) is 0 Å². The zero-order valence-electron chi connectivity index (χ0n) is 20.8. The third-order valence-electron chi connectivity index (χ3n) is 6.91. The molecule has 1 atom stereocenters. The number of hydrogen-bond donors (Lipinski definition) is 3. The molecule has 1 saturated carbocycles. The summed E-state index contributed by atoms with van der Waals surface area (Å²) in [6, 6.07) is 14.1. The van der Waals surface area contributed by atoms with E-state index in [1.807, 2.05) is 60.0 Å². The molecule has 8 nitrogen and oxygen atoms in total. The van der Waals surface area contributed by atoms with Crippen molar-refractivity contribution in [2.75, 3.05) is 4.90 Å². The highest BCUT2D eigenvalue weighted by Gasteiger charge is 2.49. The predicted octanol–water partition coefficient (Wildman–Crippen LogP) is 4.47. The number of carbonyl (C=O) groups is 1. The highest BCUT2D eigenvalue weighted by atomic mass is 16.3. The van der Waals surface area contributed by atoms with E-state index in [0.717, 1.165) is 40.7 Å². The molecular weight excluding hydrogens is 440 g/mol. The fourth-order valence-corrected chi connectivity index (χ4v) is 5.08. The fourth-order valence-electron chi connectivity index (χ4n) is 5.08. The normalized spacial score (nSPS) is 18.9. The number of rotatable bonds is 7. The summed E-state index contributed by atoms with van der Waals surface area (Å²) in [4.78, 5) is 29.9. The van der Waals surface area contributed by atoms with E-state index in [-0.39, 0.29) is 11.6 Å². The molecule has 5 rings (SSSR count). The SMILES string of the molecule is CC(C)CC(O)N=C(N)c1ccc2nc(CN3C(=O)N(C4CC4)C(C)(C)c4ccccc43)[nH]c2c1. The molecule has 3 aromatic rings. The fraction of sp³-hybridized carbons (Fsp3) is 0.444. The maximum Gasteiger partial charge on any atom is 0.325 e. The summed E-state index contributed by atoms with van der Waals surface area (Å²) < 4.78 is 0. The Balaban J connectivity index is 1.44. The highest BCUT2D eigenvalue weighted by Crippen LogP contribution is 2.46. The first-order valence-electron chi connectivity index (χ1n) is 12.4. The first kappa shape index (κ1) is 23.4. The Bertz CT molecular complexity index is 1290. The van der Waals surface area contributed by atoms with Crippen molar-refractivity contribution in [3.05, 3.63) is 59.4 Å². The number of para-hydroxylation sites is 1. The van der Waals surface area contributed by atoms with Gasteiger partial charge in [0.1, 0.15) is 17.9 Å². The number of imidazole rings is 1. The van der Waals surface area contributed by atoms with Crippen LogP contribution in [0.1, 0.15) is 63.9 Å². The van der Waals surface area contributed by atoms with Gasteiger partial charge in [0, 0.05) is 17.2 Å². The number of hydrogen-bond acceptors (Lipinski definition) is 4. The summed E-state index contributed by atoms with van der Waals surface area (Å²) in [6.07, 6.45) is 1.82. The molecule has 2 amide bonds. The number of benzene rings is 2. The maximum absolute atomic E-state index is 13.7. The van der Waals surface area contributed by atoms with Crippen LogP contribution in [0.2, 0.25) is 0 Å². The Morgan fingerprint density at radius 3 is 2.71 bits per heavy atom. The van der Waals surface area contributed by atoms with Gasteiger partial charge in [-0.2, -0.15) is 0 Å². The smallest absolute Gasteiger partial charge is 0.325 e. The van der Waals surface area contributed by atoms with Crippen LogP contribution in [0.5, 0.6) is 0 Å². The van der Waals surface area contributed by atoms with Crippen molar-refractivity contribution in [3.63, 3.8) is 0 Å². The van der Waals surface area contributed by atoms with Gasteiger partial charge >= 0.3 is 6.03 Å². The van der Waals surface area contributed by atoms with Gasteiger partial charge in [0.05, 0.1) is 28.8 Å². The minimum absolute atomic E-state index is 0.0212. The average molecular weight is 475 g/mol. The van der Waals surface area contributed by atoms with Crippen molar-refractivity contribution in [2.45, 2.75) is 71.3 Å². The Labute approximate surface area is 205 Å². The number of urea groups is 1. The van der Waals surface area contributed by atoms with Crippen molar-refractivity contribution in [3.8, 4) is 0 Å². The lowest BCUT2D eigenvalue weighted by atomic mass is 9.88. The number of aliphatic hydroxyl groups excluding tert-OH is 1. The number of nitrogens with one attached hydrogen (secondary N) is 1. The molecule has 35 heavy (non-hydrogen) atoms. The van der Waals surface area contributed by atoms with Gasteiger partial charge in [0.15, 0.2) is 0 Å². The molecule has 1 fully saturated rings. The van der Waals surface area contributed by atoms with E-state index in [1.54, 1.807) is 0 Å². The molecule has 1 aliphatic carbocycles. The van der Waals surface area contributed by atoms with E-state index in [0.29, 0.717) is 36.6 Å². The number of H-pyrrole nitrogens is 1. The minimum Gasteiger partial charge on any atom is -0.383 e. The van der Waals surface area contributed by atoms with Crippen molar-refractivity contribution in [1.82, 2.24) is 14.9 Å². The Kier molecular flexibility index (Phi) is 5.79. The molecule has 0 spiro atoms. The standard InChI is InChI=1S/C27H34N6O2/c1-16(2)13-24(34)31-25(28)17-9-12-20-21(14-17)30-23(29-20)15-32-22-8-6-5-7-19(22)27(3,4)33(26(32)35)18-10-11-18/h5-9,12,14,16,18,24,34H,10-11,13,15H2,1-4H3,(H2,28,31)(H,29,30). The van der Waals surface area contributed by atoms with Gasteiger partial charge in [-0.3, -0.25) is 4.90 Å². The summed E-state index contributed by atoms with van der Waals surface area (Å²) >= 11 is 0. The highest BCUT2D eigenvalue weighted by molar-refractivity contribution is 6.00. The van der Waals surface area contributed by atoms with E-state index >= 15 is 0 Å².